The molecule has 140 valence electrons. The van der Waals surface area contributed by atoms with E-state index in [1.54, 1.807) is 6.08 Å². The van der Waals surface area contributed by atoms with E-state index in [2.05, 4.69) is 18.0 Å². The quantitative estimate of drug-likeness (QED) is 0.480. The predicted molar refractivity (Wildman–Crippen MR) is 102 cm³/mol. The topological polar surface area (TPSA) is 87.1 Å². The highest BCUT2D eigenvalue weighted by atomic mass is 16.5. The first-order valence-electron chi connectivity index (χ1n) is 8.68. The van der Waals surface area contributed by atoms with Crippen LogP contribution in [-0.4, -0.2) is 42.2 Å². The Hall–Kier alpha value is -3.28. The van der Waals surface area contributed by atoms with Crippen molar-refractivity contribution in [2.45, 2.75) is 12.8 Å². The van der Waals surface area contributed by atoms with Gasteiger partial charge in [0.2, 0.25) is 5.78 Å². The van der Waals surface area contributed by atoms with Crippen molar-refractivity contribution < 1.29 is 24.5 Å². The Bertz CT molecular complexity index is 903. The SMILES string of the molecule is CN1CCCc2cc(C=CC(=O)OCC(=O)c3ccc(O)cc3O)ccc21. The Morgan fingerprint density at radius 3 is 2.78 bits per heavy atom. The molecule has 0 saturated carbocycles. The van der Waals surface area contributed by atoms with Crippen LogP contribution < -0.4 is 4.90 Å². The van der Waals surface area contributed by atoms with E-state index in [0.717, 1.165) is 31.0 Å². The van der Waals surface area contributed by atoms with Gasteiger partial charge in [0.1, 0.15) is 11.5 Å². The highest BCUT2D eigenvalue weighted by molar-refractivity contribution is 6.01. The molecule has 6 heteroatoms. The van der Waals surface area contributed by atoms with Crippen LogP contribution in [0.1, 0.15) is 27.9 Å². The van der Waals surface area contributed by atoms with Crippen LogP contribution in [0.5, 0.6) is 11.5 Å². The molecule has 0 atom stereocenters. The summed E-state index contributed by atoms with van der Waals surface area (Å²) in [6, 6.07) is 9.64. The van der Waals surface area contributed by atoms with Crippen molar-refractivity contribution in [3.63, 3.8) is 0 Å². The van der Waals surface area contributed by atoms with Crippen LogP contribution in [0.2, 0.25) is 0 Å². The molecule has 0 radical (unpaired) electrons. The zero-order valence-corrected chi connectivity index (χ0v) is 15.0. The molecule has 6 nitrogen and oxygen atoms in total. The molecular weight excluding hydrogens is 346 g/mol. The summed E-state index contributed by atoms with van der Waals surface area (Å²) in [4.78, 5) is 26.1. The summed E-state index contributed by atoms with van der Waals surface area (Å²) in [6.45, 7) is 0.551. The summed E-state index contributed by atoms with van der Waals surface area (Å²) in [7, 11) is 2.06. The Labute approximate surface area is 157 Å². The van der Waals surface area contributed by atoms with Gasteiger partial charge in [-0.1, -0.05) is 6.07 Å². The summed E-state index contributed by atoms with van der Waals surface area (Å²) in [6.07, 6.45) is 5.04. The molecular formula is C21H21NO5. The van der Waals surface area contributed by atoms with Crippen LogP contribution in [0, 0.1) is 0 Å². The minimum absolute atomic E-state index is 0.0108. The fraction of sp³-hybridized carbons (Fsp3) is 0.238. The molecule has 0 aliphatic carbocycles. The molecule has 0 bridgehead atoms. The number of phenolic OH excluding ortho intramolecular Hbond substituents is 2. The molecule has 2 N–H and O–H groups in total. The molecule has 27 heavy (non-hydrogen) atoms. The largest absolute Gasteiger partial charge is 0.508 e. The molecule has 3 rings (SSSR count). The van der Waals surface area contributed by atoms with Crippen molar-refractivity contribution in [1.82, 2.24) is 0 Å². The third-order valence-corrected chi connectivity index (χ3v) is 4.49. The average molecular weight is 367 g/mol. The number of ketones is 1. The lowest BCUT2D eigenvalue weighted by Crippen LogP contribution is -2.24. The summed E-state index contributed by atoms with van der Waals surface area (Å²) in [5, 5.41) is 18.9. The first-order valence-corrected chi connectivity index (χ1v) is 8.68. The number of carbonyl (C=O) groups is 2. The van der Waals surface area contributed by atoms with E-state index in [9.17, 15) is 19.8 Å². The maximum atomic E-state index is 12.0. The van der Waals surface area contributed by atoms with Gasteiger partial charge in [-0.25, -0.2) is 4.79 Å². The van der Waals surface area contributed by atoms with E-state index in [4.69, 9.17) is 4.74 Å². The highest BCUT2D eigenvalue weighted by Crippen LogP contribution is 2.27. The van der Waals surface area contributed by atoms with Gasteiger partial charge in [-0.05, 0) is 54.3 Å². The maximum absolute atomic E-state index is 12.0. The van der Waals surface area contributed by atoms with Crippen molar-refractivity contribution in [2.24, 2.45) is 0 Å². The van der Waals surface area contributed by atoms with E-state index in [1.165, 1.54) is 29.5 Å². The number of carbonyl (C=O) groups excluding carboxylic acids is 2. The second-order valence-corrected chi connectivity index (χ2v) is 6.48. The fourth-order valence-electron chi connectivity index (χ4n) is 3.09. The third-order valence-electron chi connectivity index (χ3n) is 4.49. The molecule has 0 unspecified atom stereocenters. The molecule has 1 aliphatic rings. The fourth-order valence-corrected chi connectivity index (χ4v) is 3.09. The number of rotatable bonds is 5. The zero-order valence-electron chi connectivity index (χ0n) is 15.0. The van der Waals surface area contributed by atoms with Gasteiger partial charge in [0.05, 0.1) is 5.56 Å². The lowest BCUT2D eigenvalue weighted by molar-refractivity contribution is -0.136. The monoisotopic (exact) mass is 367 g/mol. The number of fused-ring (bicyclic) bond motifs is 1. The number of hydrogen-bond donors (Lipinski definition) is 2. The number of benzene rings is 2. The van der Waals surface area contributed by atoms with Crippen molar-refractivity contribution in [3.05, 3.63) is 59.2 Å². The first-order chi connectivity index (χ1) is 12.9. The average Bonchev–Trinajstić information content (AvgIpc) is 2.64. The molecule has 0 amide bonds. The molecule has 1 aliphatic heterocycles. The van der Waals surface area contributed by atoms with Crippen LogP contribution in [0.15, 0.2) is 42.5 Å². The predicted octanol–water partition coefficient (Wildman–Crippen LogP) is 2.92. The Morgan fingerprint density at radius 2 is 2.00 bits per heavy atom. The van der Waals surface area contributed by atoms with Gasteiger partial charge in [0.15, 0.2) is 6.61 Å². The van der Waals surface area contributed by atoms with E-state index in [1.807, 2.05) is 12.1 Å². The van der Waals surface area contributed by atoms with Crippen LogP contribution in [0.4, 0.5) is 5.69 Å². The van der Waals surface area contributed by atoms with E-state index >= 15 is 0 Å². The smallest absolute Gasteiger partial charge is 0.331 e. The van der Waals surface area contributed by atoms with Crippen molar-refractivity contribution in [2.75, 3.05) is 25.1 Å². The number of anilines is 1. The van der Waals surface area contributed by atoms with Gasteiger partial charge in [-0.2, -0.15) is 0 Å². The molecule has 2 aromatic carbocycles. The second-order valence-electron chi connectivity index (χ2n) is 6.48. The van der Waals surface area contributed by atoms with Crippen LogP contribution in [-0.2, 0) is 16.0 Å². The standard InChI is InChI=1S/C21H21NO5/c1-22-10-2-3-15-11-14(4-8-18(15)22)5-9-21(26)27-13-20(25)17-7-6-16(23)12-19(17)24/h4-9,11-12,23-24H,2-3,10,13H2,1H3. The van der Waals surface area contributed by atoms with Gasteiger partial charge in [0.25, 0.3) is 0 Å². The lowest BCUT2D eigenvalue weighted by atomic mass is 9.99. The summed E-state index contributed by atoms with van der Waals surface area (Å²) >= 11 is 0. The second kappa shape index (κ2) is 7.95. The van der Waals surface area contributed by atoms with Crippen molar-refractivity contribution in [3.8, 4) is 11.5 Å². The Balaban J connectivity index is 1.58. The van der Waals surface area contributed by atoms with Gasteiger partial charge in [-0.15, -0.1) is 0 Å². The molecule has 0 spiro atoms. The number of hydrogen-bond acceptors (Lipinski definition) is 6. The molecule has 1 heterocycles. The number of phenols is 2. The molecule has 2 aromatic rings. The minimum atomic E-state index is -0.642. The number of ether oxygens (including phenoxy) is 1. The molecule has 0 fully saturated rings. The normalized spacial score (nSPS) is 13.4. The molecule has 0 saturated heterocycles. The van der Waals surface area contributed by atoms with E-state index in [-0.39, 0.29) is 17.1 Å². The van der Waals surface area contributed by atoms with Crippen LogP contribution >= 0.6 is 0 Å². The van der Waals surface area contributed by atoms with Gasteiger partial charge < -0.3 is 19.8 Å². The van der Waals surface area contributed by atoms with Gasteiger partial charge in [-0.3, -0.25) is 4.79 Å². The van der Waals surface area contributed by atoms with Crippen LogP contribution in [0.3, 0.4) is 0 Å². The van der Waals surface area contributed by atoms with Crippen molar-refractivity contribution >= 4 is 23.5 Å². The maximum Gasteiger partial charge on any atom is 0.331 e. The number of aromatic hydroxyl groups is 2. The number of Topliss-reactive ketones (excluding diaryl/α,β-unsaturated/α-hetero) is 1. The minimum Gasteiger partial charge on any atom is -0.508 e. The zero-order chi connectivity index (χ0) is 19.4. The number of esters is 1. The van der Waals surface area contributed by atoms with Crippen molar-refractivity contribution in [1.29, 1.82) is 0 Å². The number of aryl methyl sites for hydroxylation is 1. The summed E-state index contributed by atoms with van der Waals surface area (Å²) < 4.78 is 4.94. The third kappa shape index (κ3) is 4.47. The van der Waals surface area contributed by atoms with Gasteiger partial charge >= 0.3 is 5.97 Å². The molecule has 0 aromatic heterocycles. The number of nitrogens with zero attached hydrogens (tertiary/aromatic N) is 1. The first kappa shape index (κ1) is 18.5. The van der Waals surface area contributed by atoms with Crippen LogP contribution in [0.25, 0.3) is 6.08 Å². The van der Waals surface area contributed by atoms with E-state index < -0.39 is 18.4 Å². The van der Waals surface area contributed by atoms with E-state index in [0.29, 0.717) is 0 Å². The Kier molecular flexibility index (Phi) is 5.45. The Morgan fingerprint density at radius 1 is 1.19 bits per heavy atom. The highest BCUT2D eigenvalue weighted by Gasteiger charge is 2.14. The van der Waals surface area contributed by atoms with Gasteiger partial charge in [0, 0.05) is 31.4 Å². The lowest BCUT2D eigenvalue weighted by Gasteiger charge is -2.27. The summed E-state index contributed by atoms with van der Waals surface area (Å²) in [5.74, 6) is -1.70. The summed E-state index contributed by atoms with van der Waals surface area (Å²) in [5.41, 5.74) is 3.34.